The molecule has 1 rings (SSSR count). The van der Waals surface area contributed by atoms with Crippen molar-refractivity contribution in [3.05, 3.63) is 18.3 Å². The summed E-state index contributed by atoms with van der Waals surface area (Å²) in [7, 11) is 0. The van der Waals surface area contributed by atoms with Gasteiger partial charge in [0.25, 0.3) is 0 Å². The molecule has 4 nitrogen and oxygen atoms in total. The zero-order valence-electron chi connectivity index (χ0n) is 11.1. The van der Waals surface area contributed by atoms with Crippen LogP contribution in [0, 0.1) is 0 Å². The fourth-order valence-electron chi connectivity index (χ4n) is 1.56. The first kappa shape index (κ1) is 14.8. The Morgan fingerprint density at radius 2 is 2.22 bits per heavy atom. The van der Waals surface area contributed by atoms with Gasteiger partial charge < -0.3 is 11.1 Å². The van der Waals surface area contributed by atoms with Gasteiger partial charge in [0, 0.05) is 6.04 Å². The van der Waals surface area contributed by atoms with Crippen molar-refractivity contribution in [2.75, 3.05) is 5.73 Å². The first-order valence-corrected chi connectivity index (χ1v) is 7.09. The summed E-state index contributed by atoms with van der Waals surface area (Å²) in [4.78, 5) is 16.1. The molecule has 0 aliphatic heterocycles. The van der Waals surface area contributed by atoms with Crippen molar-refractivity contribution in [3.8, 4) is 0 Å². The zero-order valence-corrected chi connectivity index (χ0v) is 12.0. The second-order valence-corrected chi connectivity index (χ2v) is 5.75. The van der Waals surface area contributed by atoms with E-state index in [1.165, 1.54) is 11.8 Å². The smallest absolute Gasteiger partial charge is 0.233 e. The van der Waals surface area contributed by atoms with Crippen LogP contribution in [0.1, 0.15) is 33.6 Å². The first-order valence-electron chi connectivity index (χ1n) is 6.21. The van der Waals surface area contributed by atoms with Gasteiger partial charge in [0.15, 0.2) is 0 Å². The third-order valence-corrected chi connectivity index (χ3v) is 3.59. The number of nitrogen functional groups attached to an aromatic ring is 1. The van der Waals surface area contributed by atoms with E-state index in [-0.39, 0.29) is 17.2 Å². The normalized spacial score (nSPS) is 13.9. The summed E-state index contributed by atoms with van der Waals surface area (Å²) in [6.45, 7) is 6.02. The Kier molecular flexibility index (Phi) is 5.98. The maximum Gasteiger partial charge on any atom is 0.233 e. The molecular formula is C13H21N3OS. The number of anilines is 1. The molecule has 2 unspecified atom stereocenters. The number of nitrogens with zero attached hydrogens (tertiary/aromatic N) is 1. The summed E-state index contributed by atoms with van der Waals surface area (Å²) < 4.78 is 0. The van der Waals surface area contributed by atoms with Crippen molar-refractivity contribution >= 4 is 23.4 Å². The van der Waals surface area contributed by atoms with Gasteiger partial charge in [-0.1, -0.05) is 25.1 Å². The molecule has 3 N–H and O–H groups in total. The number of carbonyl (C=O) groups is 1. The predicted octanol–water partition coefficient (Wildman–Crippen LogP) is 2.45. The largest absolute Gasteiger partial charge is 0.397 e. The van der Waals surface area contributed by atoms with Crippen LogP contribution in [0.3, 0.4) is 0 Å². The van der Waals surface area contributed by atoms with Crippen molar-refractivity contribution in [2.45, 2.75) is 49.9 Å². The second kappa shape index (κ2) is 7.26. The lowest BCUT2D eigenvalue weighted by molar-refractivity contribution is -0.120. The van der Waals surface area contributed by atoms with E-state index in [2.05, 4.69) is 17.2 Å². The highest BCUT2D eigenvalue weighted by molar-refractivity contribution is 8.00. The van der Waals surface area contributed by atoms with E-state index in [4.69, 9.17) is 5.73 Å². The van der Waals surface area contributed by atoms with Gasteiger partial charge in [-0.3, -0.25) is 4.79 Å². The lowest BCUT2D eigenvalue weighted by atomic mass is 10.2. The molecule has 0 aliphatic carbocycles. The van der Waals surface area contributed by atoms with Crippen LogP contribution in [0.15, 0.2) is 23.4 Å². The van der Waals surface area contributed by atoms with Crippen molar-refractivity contribution in [1.29, 1.82) is 0 Å². The van der Waals surface area contributed by atoms with Gasteiger partial charge >= 0.3 is 0 Å². The molecule has 0 bridgehead atoms. The van der Waals surface area contributed by atoms with Gasteiger partial charge in [0.05, 0.1) is 22.2 Å². The van der Waals surface area contributed by atoms with E-state index in [9.17, 15) is 4.79 Å². The van der Waals surface area contributed by atoms with Crippen LogP contribution < -0.4 is 11.1 Å². The molecular weight excluding hydrogens is 246 g/mol. The van der Waals surface area contributed by atoms with Crippen LogP contribution in [-0.2, 0) is 4.79 Å². The molecule has 1 amide bonds. The Hall–Kier alpha value is -1.23. The number of nitrogens with two attached hydrogens (primary N) is 1. The maximum atomic E-state index is 11.9. The minimum Gasteiger partial charge on any atom is -0.397 e. The molecule has 1 aromatic rings. The molecule has 0 fully saturated rings. The number of pyridine rings is 1. The van der Waals surface area contributed by atoms with Crippen molar-refractivity contribution < 1.29 is 4.79 Å². The zero-order chi connectivity index (χ0) is 13.5. The van der Waals surface area contributed by atoms with Gasteiger partial charge in [0.2, 0.25) is 5.91 Å². The Morgan fingerprint density at radius 1 is 1.50 bits per heavy atom. The van der Waals surface area contributed by atoms with Crippen LogP contribution in [0.5, 0.6) is 0 Å². The monoisotopic (exact) mass is 267 g/mol. The fraction of sp³-hybridized carbons (Fsp3) is 0.538. The Balaban J connectivity index is 2.46. The van der Waals surface area contributed by atoms with Crippen molar-refractivity contribution in [2.24, 2.45) is 0 Å². The summed E-state index contributed by atoms with van der Waals surface area (Å²) in [6, 6.07) is 3.85. The maximum absolute atomic E-state index is 11.9. The van der Waals surface area contributed by atoms with E-state index in [1.54, 1.807) is 12.3 Å². The minimum absolute atomic E-state index is 0.0552. The van der Waals surface area contributed by atoms with Crippen LogP contribution in [0.25, 0.3) is 0 Å². The number of nitrogens with one attached hydrogen (secondary N) is 1. The average molecular weight is 267 g/mol. The van der Waals surface area contributed by atoms with E-state index in [0.717, 1.165) is 17.9 Å². The summed E-state index contributed by atoms with van der Waals surface area (Å²) in [5, 5.41) is 3.66. The van der Waals surface area contributed by atoms with Crippen LogP contribution >= 0.6 is 11.8 Å². The fourth-order valence-corrected chi connectivity index (χ4v) is 2.36. The topological polar surface area (TPSA) is 68.0 Å². The average Bonchev–Trinajstić information content (AvgIpc) is 2.32. The SMILES string of the molecule is CCCC(C)NC(=O)C(C)Sc1ccc(N)cn1. The molecule has 0 radical (unpaired) electrons. The number of rotatable bonds is 6. The molecule has 1 aromatic heterocycles. The second-order valence-electron chi connectivity index (χ2n) is 4.39. The van der Waals surface area contributed by atoms with E-state index in [1.807, 2.05) is 19.9 Å². The summed E-state index contributed by atoms with van der Waals surface area (Å²) in [6.07, 6.45) is 3.68. The predicted molar refractivity (Wildman–Crippen MR) is 76.5 cm³/mol. The lowest BCUT2D eigenvalue weighted by Gasteiger charge is -2.16. The van der Waals surface area contributed by atoms with Gasteiger partial charge in [0.1, 0.15) is 0 Å². The number of carbonyl (C=O) groups excluding carboxylic acids is 1. The van der Waals surface area contributed by atoms with E-state index >= 15 is 0 Å². The summed E-state index contributed by atoms with van der Waals surface area (Å²) in [5.41, 5.74) is 6.20. The highest BCUT2D eigenvalue weighted by Crippen LogP contribution is 2.21. The quantitative estimate of drug-likeness (QED) is 0.777. The van der Waals surface area contributed by atoms with Gasteiger partial charge in [-0.25, -0.2) is 4.98 Å². The molecule has 0 spiro atoms. The molecule has 0 aromatic carbocycles. The first-order chi connectivity index (χ1) is 8.52. The molecule has 2 atom stereocenters. The van der Waals surface area contributed by atoms with Crippen molar-refractivity contribution in [3.63, 3.8) is 0 Å². The van der Waals surface area contributed by atoms with Crippen LogP contribution in [0.4, 0.5) is 5.69 Å². The Labute approximate surface area is 113 Å². The highest BCUT2D eigenvalue weighted by atomic mass is 32.2. The molecule has 1 heterocycles. The molecule has 0 saturated heterocycles. The standard InChI is InChI=1S/C13H21N3OS/c1-4-5-9(2)16-13(17)10(3)18-12-7-6-11(14)8-15-12/h6-10H,4-5,14H2,1-3H3,(H,16,17). The van der Waals surface area contributed by atoms with Crippen LogP contribution in [-0.4, -0.2) is 22.2 Å². The molecule has 18 heavy (non-hydrogen) atoms. The molecule has 0 saturated carbocycles. The lowest BCUT2D eigenvalue weighted by Crippen LogP contribution is -2.37. The van der Waals surface area contributed by atoms with Crippen molar-refractivity contribution in [1.82, 2.24) is 10.3 Å². The Bertz CT molecular complexity index is 380. The van der Waals surface area contributed by atoms with Crippen LogP contribution in [0.2, 0.25) is 0 Å². The molecule has 0 aliphatic rings. The number of hydrogen-bond acceptors (Lipinski definition) is 4. The molecule has 100 valence electrons. The molecule has 5 heteroatoms. The third kappa shape index (κ3) is 4.96. The van der Waals surface area contributed by atoms with Gasteiger partial charge in [-0.05, 0) is 32.4 Å². The van der Waals surface area contributed by atoms with E-state index < -0.39 is 0 Å². The highest BCUT2D eigenvalue weighted by Gasteiger charge is 2.16. The number of amides is 1. The van der Waals surface area contributed by atoms with Gasteiger partial charge in [-0.15, -0.1) is 0 Å². The summed E-state index contributed by atoms with van der Waals surface area (Å²) >= 11 is 1.44. The number of hydrogen-bond donors (Lipinski definition) is 2. The summed E-state index contributed by atoms with van der Waals surface area (Å²) in [5.74, 6) is 0.0552. The minimum atomic E-state index is -0.152. The number of aromatic nitrogens is 1. The number of thioether (sulfide) groups is 1. The van der Waals surface area contributed by atoms with Gasteiger partial charge in [-0.2, -0.15) is 0 Å². The Morgan fingerprint density at radius 3 is 2.78 bits per heavy atom. The third-order valence-electron chi connectivity index (χ3n) is 2.54. The van der Waals surface area contributed by atoms with E-state index in [0.29, 0.717) is 5.69 Å².